The van der Waals surface area contributed by atoms with Crippen LogP contribution in [0.4, 0.5) is 4.39 Å². The van der Waals surface area contributed by atoms with Crippen molar-refractivity contribution in [1.82, 2.24) is 10.6 Å². The van der Waals surface area contributed by atoms with Gasteiger partial charge >= 0.3 is 5.97 Å². The number of hydrogen-bond acceptors (Lipinski definition) is 5. The lowest BCUT2D eigenvalue weighted by Crippen LogP contribution is -2.44. The number of carbonyl (C=O) groups excluding carboxylic acids is 3. The second-order valence-electron chi connectivity index (χ2n) is 7.94. The number of nitrogens with one attached hydrogen (secondary N) is 2. The predicted octanol–water partition coefficient (Wildman–Crippen LogP) is 2.91. The monoisotopic (exact) mass is 442 g/mol. The Labute approximate surface area is 186 Å². The molecule has 0 saturated carbocycles. The van der Waals surface area contributed by atoms with E-state index in [1.54, 1.807) is 36.4 Å². The maximum Gasteiger partial charge on any atom is 0.337 e. The fourth-order valence-corrected chi connectivity index (χ4v) is 3.91. The molecule has 0 unspecified atom stereocenters. The van der Waals surface area contributed by atoms with Gasteiger partial charge in [-0.2, -0.15) is 0 Å². The molecule has 2 N–H and O–H groups in total. The molecule has 3 rings (SSSR count). The van der Waals surface area contributed by atoms with E-state index in [0.29, 0.717) is 37.8 Å². The molecule has 1 atom stereocenters. The van der Waals surface area contributed by atoms with Crippen LogP contribution in [-0.2, 0) is 27.3 Å². The molecule has 2 amide bonds. The van der Waals surface area contributed by atoms with Crippen molar-refractivity contribution in [2.24, 2.45) is 0 Å². The van der Waals surface area contributed by atoms with Gasteiger partial charge in [-0.3, -0.25) is 9.59 Å². The van der Waals surface area contributed by atoms with Crippen molar-refractivity contribution in [3.05, 3.63) is 65.0 Å². The summed E-state index contributed by atoms with van der Waals surface area (Å²) in [6.07, 6.45) is 2.18. The number of carbonyl (C=O) groups is 3. The van der Waals surface area contributed by atoms with Gasteiger partial charge in [0.05, 0.1) is 19.8 Å². The van der Waals surface area contributed by atoms with Crippen molar-refractivity contribution in [3.63, 3.8) is 0 Å². The highest BCUT2D eigenvalue weighted by atomic mass is 19.1. The lowest BCUT2D eigenvalue weighted by molar-refractivity contribution is -0.122. The highest BCUT2D eigenvalue weighted by molar-refractivity contribution is 5.89. The van der Waals surface area contributed by atoms with Gasteiger partial charge in [-0.25, -0.2) is 9.18 Å². The summed E-state index contributed by atoms with van der Waals surface area (Å²) in [6.45, 7) is 0.328. The number of hydrogen-bond donors (Lipinski definition) is 2. The molecule has 7 nitrogen and oxygen atoms in total. The van der Waals surface area contributed by atoms with Crippen molar-refractivity contribution in [1.29, 1.82) is 0 Å². The summed E-state index contributed by atoms with van der Waals surface area (Å²) in [5.41, 5.74) is 1.57. The lowest BCUT2D eigenvalue weighted by Gasteiger charge is -2.29. The third-order valence-electron chi connectivity index (χ3n) is 5.69. The molecule has 8 heteroatoms. The van der Waals surface area contributed by atoms with Crippen LogP contribution in [0.2, 0.25) is 0 Å². The van der Waals surface area contributed by atoms with Crippen LogP contribution in [-0.4, -0.2) is 37.5 Å². The first kappa shape index (κ1) is 23.2. The van der Waals surface area contributed by atoms with Crippen molar-refractivity contribution < 1.29 is 28.2 Å². The van der Waals surface area contributed by atoms with E-state index in [2.05, 4.69) is 15.4 Å². The van der Waals surface area contributed by atoms with Crippen LogP contribution in [0.1, 0.15) is 47.2 Å². The fraction of sp³-hybridized carbons (Fsp3) is 0.375. The summed E-state index contributed by atoms with van der Waals surface area (Å²) in [5.74, 6) is -0.898. The second-order valence-corrected chi connectivity index (χ2v) is 7.94. The number of methoxy groups -OCH3 is 2. The minimum atomic E-state index is -0.556. The van der Waals surface area contributed by atoms with Crippen LogP contribution in [0.5, 0.6) is 5.75 Å². The van der Waals surface area contributed by atoms with Gasteiger partial charge in [0.25, 0.3) is 0 Å². The van der Waals surface area contributed by atoms with E-state index in [1.165, 1.54) is 20.3 Å². The molecular weight excluding hydrogens is 415 g/mol. The highest BCUT2D eigenvalue weighted by Gasteiger charge is 2.38. The zero-order valence-electron chi connectivity index (χ0n) is 18.2. The van der Waals surface area contributed by atoms with Gasteiger partial charge in [0, 0.05) is 24.9 Å². The van der Waals surface area contributed by atoms with Gasteiger partial charge in [0.1, 0.15) is 0 Å². The molecule has 1 fully saturated rings. The molecule has 0 spiro atoms. The Morgan fingerprint density at radius 2 is 1.84 bits per heavy atom. The Balaban J connectivity index is 1.57. The van der Waals surface area contributed by atoms with Crippen molar-refractivity contribution >= 4 is 17.8 Å². The summed E-state index contributed by atoms with van der Waals surface area (Å²) in [6, 6.07) is 11.4. The molecule has 0 bridgehead atoms. The highest BCUT2D eigenvalue weighted by Crippen LogP contribution is 2.31. The SMILES string of the molecule is COC(=O)c1ccc(CNC(=O)CC[C@]2(Cc3ccc(F)c(OC)c3)CCC(=O)N2)cc1. The zero-order valence-corrected chi connectivity index (χ0v) is 18.2. The first-order chi connectivity index (χ1) is 15.3. The van der Waals surface area contributed by atoms with E-state index in [-0.39, 0.29) is 24.0 Å². The van der Waals surface area contributed by atoms with E-state index in [9.17, 15) is 18.8 Å². The first-order valence-corrected chi connectivity index (χ1v) is 10.4. The minimum Gasteiger partial charge on any atom is -0.494 e. The first-order valence-electron chi connectivity index (χ1n) is 10.4. The maximum absolute atomic E-state index is 13.7. The molecule has 1 heterocycles. The smallest absolute Gasteiger partial charge is 0.337 e. The Kier molecular flexibility index (Phi) is 7.45. The summed E-state index contributed by atoms with van der Waals surface area (Å²) in [5, 5.41) is 5.89. The molecule has 1 aliphatic heterocycles. The average Bonchev–Trinajstić information content (AvgIpc) is 3.17. The normalized spacial score (nSPS) is 17.5. The Bertz CT molecular complexity index is 992. The van der Waals surface area contributed by atoms with E-state index >= 15 is 0 Å². The van der Waals surface area contributed by atoms with E-state index < -0.39 is 17.3 Å². The van der Waals surface area contributed by atoms with Gasteiger partial charge < -0.3 is 20.1 Å². The van der Waals surface area contributed by atoms with Crippen LogP contribution >= 0.6 is 0 Å². The standard InChI is InChI=1S/C24H27FN2O5/c1-31-20-13-17(5-8-19(20)25)14-24(12-10-22(29)27-24)11-9-21(28)26-15-16-3-6-18(7-4-16)23(30)32-2/h3-8,13H,9-12,14-15H2,1-2H3,(H,26,28)(H,27,29)/t24-/m1/s1. The third kappa shape index (κ3) is 5.84. The fourth-order valence-electron chi connectivity index (χ4n) is 3.91. The molecule has 2 aromatic rings. The van der Waals surface area contributed by atoms with Crippen molar-refractivity contribution in [2.45, 2.75) is 44.2 Å². The van der Waals surface area contributed by atoms with Gasteiger partial charge in [-0.05, 0) is 54.7 Å². The third-order valence-corrected chi connectivity index (χ3v) is 5.69. The second kappa shape index (κ2) is 10.3. The minimum absolute atomic E-state index is 0.0508. The number of amides is 2. The van der Waals surface area contributed by atoms with Gasteiger partial charge in [-0.1, -0.05) is 18.2 Å². The van der Waals surface area contributed by atoms with E-state index in [4.69, 9.17) is 4.74 Å². The molecule has 1 saturated heterocycles. The number of rotatable bonds is 9. The number of halogens is 1. The molecule has 2 aromatic carbocycles. The molecule has 0 aromatic heterocycles. The Morgan fingerprint density at radius 3 is 2.47 bits per heavy atom. The van der Waals surface area contributed by atoms with Crippen LogP contribution in [0.25, 0.3) is 0 Å². The topological polar surface area (TPSA) is 93.7 Å². The predicted molar refractivity (Wildman–Crippen MR) is 116 cm³/mol. The van der Waals surface area contributed by atoms with Gasteiger partial charge in [0.15, 0.2) is 11.6 Å². The molecule has 170 valence electrons. The summed E-state index contributed by atoms with van der Waals surface area (Å²) in [4.78, 5) is 35.9. The number of ether oxygens (including phenoxy) is 2. The van der Waals surface area contributed by atoms with E-state index in [1.807, 2.05) is 0 Å². The molecule has 32 heavy (non-hydrogen) atoms. The summed E-state index contributed by atoms with van der Waals surface area (Å²) in [7, 11) is 2.73. The molecule has 0 aliphatic carbocycles. The zero-order chi connectivity index (χ0) is 23.1. The molecule has 0 radical (unpaired) electrons. The number of benzene rings is 2. The Morgan fingerprint density at radius 1 is 1.12 bits per heavy atom. The maximum atomic E-state index is 13.7. The van der Waals surface area contributed by atoms with Crippen molar-refractivity contribution in [2.75, 3.05) is 14.2 Å². The molecular formula is C24H27FN2O5. The number of esters is 1. The van der Waals surface area contributed by atoms with E-state index in [0.717, 1.165) is 11.1 Å². The Hall–Kier alpha value is -3.42. The van der Waals surface area contributed by atoms with Crippen molar-refractivity contribution in [3.8, 4) is 5.75 Å². The van der Waals surface area contributed by atoms with Crippen LogP contribution in [0, 0.1) is 5.82 Å². The van der Waals surface area contributed by atoms with Gasteiger partial charge in [-0.15, -0.1) is 0 Å². The average molecular weight is 442 g/mol. The quantitative estimate of drug-likeness (QED) is 0.583. The summed E-state index contributed by atoms with van der Waals surface area (Å²) >= 11 is 0. The van der Waals surface area contributed by atoms with Gasteiger partial charge in [0.2, 0.25) is 11.8 Å². The molecule has 1 aliphatic rings. The van der Waals surface area contributed by atoms with Crippen LogP contribution in [0.15, 0.2) is 42.5 Å². The van der Waals surface area contributed by atoms with Crippen LogP contribution < -0.4 is 15.4 Å². The summed E-state index contributed by atoms with van der Waals surface area (Å²) < 4.78 is 23.4. The van der Waals surface area contributed by atoms with Crippen LogP contribution in [0.3, 0.4) is 0 Å². The largest absolute Gasteiger partial charge is 0.494 e. The lowest BCUT2D eigenvalue weighted by atomic mass is 9.85.